The van der Waals surface area contributed by atoms with Crippen molar-refractivity contribution in [2.24, 2.45) is 0 Å². The van der Waals surface area contributed by atoms with Crippen LogP contribution in [0.4, 0.5) is 17.3 Å². The zero-order valence-corrected chi connectivity index (χ0v) is 23.4. The highest BCUT2D eigenvalue weighted by Crippen LogP contribution is 2.36. The van der Waals surface area contributed by atoms with Crippen LogP contribution in [-0.4, -0.2) is 90.9 Å². The second kappa shape index (κ2) is 12.3. The van der Waals surface area contributed by atoms with Crippen LogP contribution in [0.5, 0.6) is 0 Å². The molecule has 2 aromatic rings. The summed E-state index contributed by atoms with van der Waals surface area (Å²) in [5.74, 6) is 1.53. The Balaban J connectivity index is 1.42. The molecule has 1 saturated heterocycles. The lowest BCUT2D eigenvalue weighted by Crippen LogP contribution is -2.52. The Hall–Kier alpha value is -3.86. The van der Waals surface area contributed by atoms with Crippen LogP contribution in [0.15, 0.2) is 36.8 Å². The van der Waals surface area contributed by atoms with Crippen molar-refractivity contribution in [1.82, 2.24) is 19.4 Å². The SMILES string of the molecule is C=C(Nc1ccc(N2CCN(C(C)C(=O)OC)CC2)cn1)Nc1c(C=N)cc(C(=O)N(C)C)n1C1CCCC1. The standard InChI is InChI=1S/C28H40N8O3/c1-19(28(38)39-5)34-12-14-35(15-13-34)23-10-11-25(30-18-23)31-20(2)32-26-21(17-29)16-24(27(37)33(3)4)36(26)22-8-6-7-9-22/h10-11,16-19,22,29,32H,2,6-9,12-15H2,1,3-5H3,(H,30,31). The molecule has 0 spiro atoms. The zero-order chi connectivity index (χ0) is 28.1. The number of amides is 1. The fourth-order valence-electron chi connectivity index (χ4n) is 5.39. The number of piperazine rings is 1. The van der Waals surface area contributed by atoms with Gasteiger partial charge in [0.2, 0.25) is 0 Å². The van der Waals surface area contributed by atoms with Crippen molar-refractivity contribution >= 4 is 35.4 Å². The van der Waals surface area contributed by atoms with Crippen LogP contribution in [0.2, 0.25) is 0 Å². The van der Waals surface area contributed by atoms with Gasteiger partial charge in [-0.1, -0.05) is 19.4 Å². The van der Waals surface area contributed by atoms with Crippen LogP contribution in [0.25, 0.3) is 0 Å². The number of methoxy groups -OCH3 is 1. The molecular weight excluding hydrogens is 496 g/mol. The third kappa shape index (κ3) is 6.25. The molecule has 0 aromatic carbocycles. The summed E-state index contributed by atoms with van der Waals surface area (Å²) in [5.41, 5.74) is 2.22. The quantitative estimate of drug-likeness (QED) is 0.312. The van der Waals surface area contributed by atoms with Gasteiger partial charge < -0.3 is 35.1 Å². The number of esters is 1. The highest BCUT2D eigenvalue weighted by Gasteiger charge is 2.28. The van der Waals surface area contributed by atoms with Gasteiger partial charge in [-0.3, -0.25) is 14.5 Å². The topological polar surface area (TPSA) is 119 Å². The average molecular weight is 537 g/mol. The number of carbonyl (C=O) groups excluding carboxylic acids is 2. The van der Waals surface area contributed by atoms with Crippen molar-refractivity contribution in [3.8, 4) is 0 Å². The molecule has 39 heavy (non-hydrogen) atoms. The fourth-order valence-corrected chi connectivity index (χ4v) is 5.39. The molecule has 2 aromatic heterocycles. The van der Waals surface area contributed by atoms with Gasteiger partial charge in [-0.05, 0) is 38.0 Å². The summed E-state index contributed by atoms with van der Waals surface area (Å²) in [6.07, 6.45) is 7.32. The molecule has 210 valence electrons. The lowest BCUT2D eigenvalue weighted by Gasteiger charge is -2.38. The van der Waals surface area contributed by atoms with E-state index in [2.05, 4.69) is 32.0 Å². The lowest BCUT2D eigenvalue weighted by molar-refractivity contribution is -0.146. The first-order valence-electron chi connectivity index (χ1n) is 13.5. The number of nitrogens with one attached hydrogen (secondary N) is 3. The molecule has 0 bridgehead atoms. The van der Waals surface area contributed by atoms with E-state index in [4.69, 9.17) is 10.1 Å². The first kappa shape index (κ1) is 28.2. The molecule has 11 heteroatoms. The van der Waals surface area contributed by atoms with E-state index >= 15 is 0 Å². The van der Waals surface area contributed by atoms with Crippen LogP contribution in [0.3, 0.4) is 0 Å². The van der Waals surface area contributed by atoms with Gasteiger partial charge in [0, 0.05) is 58.1 Å². The Morgan fingerprint density at radius 1 is 1.18 bits per heavy atom. The highest BCUT2D eigenvalue weighted by molar-refractivity contribution is 5.98. The molecule has 2 fully saturated rings. The van der Waals surface area contributed by atoms with Crippen molar-refractivity contribution in [2.75, 3.05) is 62.9 Å². The van der Waals surface area contributed by atoms with Gasteiger partial charge in [0.15, 0.2) is 0 Å². The number of hydrogen-bond donors (Lipinski definition) is 3. The van der Waals surface area contributed by atoms with Gasteiger partial charge >= 0.3 is 5.97 Å². The normalized spacial score (nSPS) is 17.0. The molecule has 1 unspecified atom stereocenters. The van der Waals surface area contributed by atoms with Gasteiger partial charge in [0.1, 0.15) is 29.2 Å². The third-order valence-electron chi connectivity index (χ3n) is 7.60. The third-order valence-corrected chi connectivity index (χ3v) is 7.60. The van der Waals surface area contributed by atoms with Gasteiger partial charge in [0.25, 0.3) is 5.91 Å². The van der Waals surface area contributed by atoms with E-state index in [1.807, 2.05) is 29.8 Å². The number of ether oxygens (including phenoxy) is 1. The number of hydrogen-bond acceptors (Lipinski definition) is 9. The van der Waals surface area contributed by atoms with E-state index in [9.17, 15) is 9.59 Å². The molecular formula is C28H40N8O3. The molecule has 3 heterocycles. The zero-order valence-electron chi connectivity index (χ0n) is 23.4. The molecule has 0 radical (unpaired) electrons. The molecule has 1 saturated carbocycles. The van der Waals surface area contributed by atoms with Crippen molar-refractivity contribution in [2.45, 2.75) is 44.7 Å². The van der Waals surface area contributed by atoms with Crippen LogP contribution >= 0.6 is 0 Å². The van der Waals surface area contributed by atoms with Crippen molar-refractivity contribution in [3.05, 3.63) is 48.1 Å². The number of aromatic nitrogens is 2. The fraction of sp³-hybridized carbons (Fsp3) is 0.500. The van der Waals surface area contributed by atoms with Gasteiger partial charge in [-0.25, -0.2) is 4.98 Å². The maximum Gasteiger partial charge on any atom is 0.322 e. The number of carbonyl (C=O) groups is 2. The monoisotopic (exact) mass is 536 g/mol. The second-order valence-electron chi connectivity index (χ2n) is 10.3. The minimum Gasteiger partial charge on any atom is -0.468 e. The van der Waals surface area contributed by atoms with Crippen LogP contribution in [0.1, 0.15) is 54.7 Å². The minimum absolute atomic E-state index is 0.0885. The molecule has 3 N–H and O–H groups in total. The first-order valence-corrected chi connectivity index (χ1v) is 13.5. The largest absolute Gasteiger partial charge is 0.468 e. The lowest BCUT2D eigenvalue weighted by atomic mass is 10.2. The van der Waals surface area contributed by atoms with Crippen molar-refractivity contribution in [3.63, 3.8) is 0 Å². The van der Waals surface area contributed by atoms with Gasteiger partial charge in [0.05, 0.1) is 19.0 Å². The predicted molar refractivity (Wildman–Crippen MR) is 154 cm³/mol. The summed E-state index contributed by atoms with van der Waals surface area (Å²) in [6.45, 7) is 9.14. The summed E-state index contributed by atoms with van der Waals surface area (Å²) >= 11 is 0. The summed E-state index contributed by atoms with van der Waals surface area (Å²) in [7, 11) is 4.90. The van der Waals surface area contributed by atoms with Crippen LogP contribution in [-0.2, 0) is 9.53 Å². The van der Waals surface area contributed by atoms with Crippen LogP contribution < -0.4 is 15.5 Å². The van der Waals surface area contributed by atoms with E-state index < -0.39 is 0 Å². The van der Waals surface area contributed by atoms with Crippen LogP contribution in [0, 0.1) is 5.41 Å². The van der Waals surface area contributed by atoms with Crippen molar-refractivity contribution in [1.29, 1.82) is 5.41 Å². The smallest absolute Gasteiger partial charge is 0.322 e. The minimum atomic E-state index is -0.250. The maximum absolute atomic E-state index is 13.0. The second-order valence-corrected chi connectivity index (χ2v) is 10.3. The predicted octanol–water partition coefficient (Wildman–Crippen LogP) is 3.38. The van der Waals surface area contributed by atoms with E-state index in [0.717, 1.165) is 57.5 Å². The first-order chi connectivity index (χ1) is 18.7. The number of pyridine rings is 1. The van der Waals surface area contributed by atoms with Gasteiger partial charge in [-0.15, -0.1) is 0 Å². The molecule has 1 aliphatic carbocycles. The highest BCUT2D eigenvalue weighted by atomic mass is 16.5. The van der Waals surface area contributed by atoms with Gasteiger partial charge in [-0.2, -0.15) is 0 Å². The Labute approximate surface area is 230 Å². The molecule has 11 nitrogen and oxygen atoms in total. The van der Waals surface area contributed by atoms with Crippen molar-refractivity contribution < 1.29 is 14.3 Å². The number of nitrogens with zero attached hydrogens (tertiary/aromatic N) is 5. The molecule has 1 atom stereocenters. The molecule has 2 aliphatic rings. The van der Waals surface area contributed by atoms with E-state index in [0.29, 0.717) is 28.7 Å². The Morgan fingerprint density at radius 3 is 2.44 bits per heavy atom. The molecule has 4 rings (SSSR count). The van der Waals surface area contributed by atoms with E-state index in [-0.39, 0.29) is 24.0 Å². The van der Waals surface area contributed by atoms with E-state index in [1.165, 1.54) is 13.3 Å². The van der Waals surface area contributed by atoms with E-state index in [1.54, 1.807) is 25.1 Å². The average Bonchev–Trinajstić information content (AvgIpc) is 3.60. The maximum atomic E-state index is 13.0. The Kier molecular flexibility index (Phi) is 8.90. The summed E-state index contributed by atoms with van der Waals surface area (Å²) in [5, 5.41) is 14.5. The summed E-state index contributed by atoms with van der Waals surface area (Å²) in [6, 6.07) is 5.64. The Bertz CT molecular complexity index is 1190. The summed E-state index contributed by atoms with van der Waals surface area (Å²) < 4.78 is 6.91. The molecule has 1 aliphatic heterocycles. The Morgan fingerprint density at radius 2 is 1.87 bits per heavy atom. The number of rotatable bonds is 10. The molecule has 1 amide bonds. The summed E-state index contributed by atoms with van der Waals surface area (Å²) in [4.78, 5) is 35.3. The number of anilines is 3.